The highest BCUT2D eigenvalue weighted by atomic mass is 32.1. The zero-order valence-electron chi connectivity index (χ0n) is 10.7. The van der Waals surface area contributed by atoms with Crippen LogP contribution in [0, 0.1) is 5.92 Å². The summed E-state index contributed by atoms with van der Waals surface area (Å²) in [4.78, 5) is 14.2. The van der Waals surface area contributed by atoms with Crippen molar-refractivity contribution in [1.82, 2.24) is 10.2 Å². The first-order chi connectivity index (χ1) is 8.04. The van der Waals surface area contributed by atoms with Crippen molar-refractivity contribution in [3.05, 3.63) is 0 Å². The number of nitrogens with two attached hydrogens (primary N) is 1. The smallest absolute Gasteiger partial charge is 0.317 e. The molecular formula is C12H23N3OS. The molecule has 0 saturated carbocycles. The van der Waals surface area contributed by atoms with E-state index in [4.69, 9.17) is 18.0 Å². The van der Waals surface area contributed by atoms with Crippen LogP contribution in [0.25, 0.3) is 0 Å². The summed E-state index contributed by atoms with van der Waals surface area (Å²) in [6.07, 6.45) is 3.93. The van der Waals surface area contributed by atoms with Crippen LogP contribution in [0.3, 0.4) is 0 Å². The maximum atomic E-state index is 12.0. The number of urea groups is 1. The van der Waals surface area contributed by atoms with Gasteiger partial charge >= 0.3 is 6.03 Å². The van der Waals surface area contributed by atoms with Gasteiger partial charge in [-0.25, -0.2) is 4.79 Å². The van der Waals surface area contributed by atoms with E-state index in [0.29, 0.717) is 4.99 Å². The lowest BCUT2D eigenvalue weighted by molar-refractivity contribution is 0.172. The molecule has 0 spiro atoms. The fourth-order valence-electron chi connectivity index (χ4n) is 2.03. The molecule has 1 saturated heterocycles. The van der Waals surface area contributed by atoms with Gasteiger partial charge in [0.15, 0.2) is 0 Å². The quantitative estimate of drug-likeness (QED) is 0.756. The molecule has 1 fully saturated rings. The number of carbonyl (C=O) groups is 1. The van der Waals surface area contributed by atoms with E-state index in [1.807, 2.05) is 4.90 Å². The molecule has 1 aliphatic rings. The molecule has 5 heteroatoms. The molecule has 1 heterocycles. The van der Waals surface area contributed by atoms with Gasteiger partial charge in [-0.2, -0.15) is 0 Å². The van der Waals surface area contributed by atoms with Gasteiger partial charge in [-0.05, 0) is 25.2 Å². The molecule has 2 amide bonds. The van der Waals surface area contributed by atoms with E-state index in [-0.39, 0.29) is 12.1 Å². The minimum Gasteiger partial charge on any atom is -0.392 e. The van der Waals surface area contributed by atoms with Crippen LogP contribution < -0.4 is 11.1 Å². The van der Waals surface area contributed by atoms with Crippen molar-refractivity contribution in [2.24, 2.45) is 11.7 Å². The van der Waals surface area contributed by atoms with Gasteiger partial charge < -0.3 is 16.0 Å². The Morgan fingerprint density at radius 2 is 2.12 bits per heavy atom. The van der Waals surface area contributed by atoms with E-state index in [2.05, 4.69) is 19.2 Å². The highest BCUT2D eigenvalue weighted by Gasteiger charge is 2.22. The van der Waals surface area contributed by atoms with Crippen LogP contribution >= 0.6 is 12.2 Å². The minimum absolute atomic E-state index is 0.0249. The molecule has 17 heavy (non-hydrogen) atoms. The van der Waals surface area contributed by atoms with Crippen LogP contribution in [0.4, 0.5) is 4.79 Å². The van der Waals surface area contributed by atoms with Gasteiger partial charge in [0.1, 0.15) is 0 Å². The van der Waals surface area contributed by atoms with Gasteiger partial charge in [0.2, 0.25) is 0 Å². The second-order valence-electron chi connectivity index (χ2n) is 4.86. The standard InChI is InChI=1S/C12H23N3OS/c1-3-4-10(11(13)17)14-12(16)15-7-5-9(2)6-8-15/h9-10H,3-8H2,1-2H3,(H2,13,17)(H,14,16). The summed E-state index contributed by atoms with van der Waals surface area (Å²) < 4.78 is 0. The van der Waals surface area contributed by atoms with Crippen LogP contribution in [0.15, 0.2) is 0 Å². The second-order valence-corrected chi connectivity index (χ2v) is 5.33. The van der Waals surface area contributed by atoms with Crippen molar-refractivity contribution in [2.75, 3.05) is 13.1 Å². The summed E-state index contributed by atoms with van der Waals surface area (Å²) in [7, 11) is 0. The van der Waals surface area contributed by atoms with E-state index < -0.39 is 0 Å². The maximum absolute atomic E-state index is 12.0. The third-order valence-electron chi connectivity index (χ3n) is 3.29. The fraction of sp³-hybridized carbons (Fsp3) is 0.833. The molecule has 98 valence electrons. The Labute approximate surface area is 109 Å². The Hall–Kier alpha value is -0.840. The number of rotatable bonds is 4. The van der Waals surface area contributed by atoms with Crippen LogP contribution in [0.2, 0.25) is 0 Å². The highest BCUT2D eigenvalue weighted by Crippen LogP contribution is 2.16. The molecule has 4 nitrogen and oxygen atoms in total. The van der Waals surface area contributed by atoms with Gasteiger partial charge in [-0.3, -0.25) is 0 Å². The minimum atomic E-state index is -0.165. The Balaban J connectivity index is 2.44. The van der Waals surface area contributed by atoms with Crippen molar-refractivity contribution < 1.29 is 4.79 Å². The number of hydrogen-bond acceptors (Lipinski definition) is 2. The van der Waals surface area contributed by atoms with Crippen LogP contribution in [0.5, 0.6) is 0 Å². The maximum Gasteiger partial charge on any atom is 0.317 e. The number of nitrogens with one attached hydrogen (secondary N) is 1. The van der Waals surface area contributed by atoms with Crippen molar-refractivity contribution in [3.63, 3.8) is 0 Å². The first kappa shape index (κ1) is 14.2. The summed E-state index contributed by atoms with van der Waals surface area (Å²) in [6, 6.07) is -0.190. The molecule has 0 radical (unpaired) electrons. The predicted octanol–water partition coefficient (Wildman–Crippen LogP) is 1.88. The predicted molar refractivity (Wildman–Crippen MR) is 74.0 cm³/mol. The number of amides is 2. The topological polar surface area (TPSA) is 58.4 Å². The van der Waals surface area contributed by atoms with Crippen molar-refractivity contribution in [3.8, 4) is 0 Å². The molecule has 1 atom stereocenters. The van der Waals surface area contributed by atoms with Gasteiger partial charge in [0.25, 0.3) is 0 Å². The monoisotopic (exact) mass is 257 g/mol. The van der Waals surface area contributed by atoms with Crippen molar-refractivity contribution >= 4 is 23.2 Å². The summed E-state index contributed by atoms with van der Waals surface area (Å²) in [5.74, 6) is 0.723. The SMILES string of the molecule is CCCC(NC(=O)N1CCC(C)CC1)C(N)=S. The second kappa shape index (κ2) is 6.79. The molecular weight excluding hydrogens is 234 g/mol. The number of thiocarbonyl (C=S) groups is 1. The Kier molecular flexibility index (Phi) is 5.68. The first-order valence-electron chi connectivity index (χ1n) is 6.39. The summed E-state index contributed by atoms with van der Waals surface area (Å²) >= 11 is 4.97. The Morgan fingerprint density at radius 1 is 1.53 bits per heavy atom. The molecule has 0 aromatic carbocycles. The van der Waals surface area contributed by atoms with E-state index in [0.717, 1.165) is 44.7 Å². The van der Waals surface area contributed by atoms with Crippen LogP contribution in [-0.4, -0.2) is 35.1 Å². The molecule has 0 aromatic rings. The average molecular weight is 257 g/mol. The Morgan fingerprint density at radius 3 is 2.59 bits per heavy atom. The molecule has 3 N–H and O–H groups in total. The zero-order valence-corrected chi connectivity index (χ0v) is 11.6. The van der Waals surface area contributed by atoms with Crippen LogP contribution in [-0.2, 0) is 0 Å². The summed E-state index contributed by atoms with van der Waals surface area (Å²) in [5, 5.41) is 2.92. The van der Waals surface area contributed by atoms with Gasteiger partial charge in [0.05, 0.1) is 11.0 Å². The number of piperidine rings is 1. The van der Waals surface area contributed by atoms with E-state index in [1.165, 1.54) is 0 Å². The van der Waals surface area contributed by atoms with Crippen molar-refractivity contribution in [2.45, 2.75) is 45.6 Å². The third kappa shape index (κ3) is 4.50. The van der Waals surface area contributed by atoms with E-state index in [9.17, 15) is 4.79 Å². The molecule has 0 aromatic heterocycles. The first-order valence-corrected chi connectivity index (χ1v) is 6.80. The number of hydrogen-bond donors (Lipinski definition) is 2. The third-order valence-corrected chi connectivity index (χ3v) is 3.57. The van der Waals surface area contributed by atoms with E-state index in [1.54, 1.807) is 0 Å². The Bertz CT molecular complexity index is 275. The fourth-order valence-corrected chi connectivity index (χ4v) is 2.20. The zero-order chi connectivity index (χ0) is 12.8. The lowest BCUT2D eigenvalue weighted by atomic mass is 9.99. The summed E-state index contributed by atoms with van der Waals surface area (Å²) in [5.41, 5.74) is 5.62. The lowest BCUT2D eigenvalue weighted by Gasteiger charge is -2.31. The molecule has 0 aliphatic carbocycles. The summed E-state index contributed by atoms with van der Waals surface area (Å²) in [6.45, 7) is 5.95. The average Bonchev–Trinajstić information content (AvgIpc) is 2.29. The number of likely N-dealkylation sites (tertiary alicyclic amines) is 1. The highest BCUT2D eigenvalue weighted by molar-refractivity contribution is 7.80. The van der Waals surface area contributed by atoms with E-state index >= 15 is 0 Å². The molecule has 0 bridgehead atoms. The molecule has 1 aliphatic heterocycles. The molecule has 1 unspecified atom stereocenters. The lowest BCUT2D eigenvalue weighted by Crippen LogP contribution is -2.51. The van der Waals surface area contributed by atoms with Gasteiger partial charge in [-0.1, -0.05) is 32.5 Å². The van der Waals surface area contributed by atoms with Gasteiger partial charge in [0, 0.05) is 13.1 Å². The normalized spacial score (nSPS) is 18.8. The largest absolute Gasteiger partial charge is 0.392 e. The van der Waals surface area contributed by atoms with Gasteiger partial charge in [-0.15, -0.1) is 0 Å². The number of nitrogens with zero attached hydrogens (tertiary/aromatic N) is 1. The number of carbonyl (C=O) groups excluding carboxylic acids is 1. The molecule has 1 rings (SSSR count). The van der Waals surface area contributed by atoms with Crippen LogP contribution in [0.1, 0.15) is 39.5 Å². The van der Waals surface area contributed by atoms with Crippen molar-refractivity contribution in [1.29, 1.82) is 0 Å².